The normalized spacial score (nSPS) is 24.7. The lowest BCUT2D eigenvalue weighted by Crippen LogP contribution is -2.42. The third-order valence-corrected chi connectivity index (χ3v) is 7.22. The molecular formula is C23H33ClN2O3. The lowest BCUT2D eigenvalue weighted by molar-refractivity contribution is 0.0896. The van der Waals surface area contributed by atoms with E-state index in [0.717, 1.165) is 69.1 Å². The number of nitrogens with zero attached hydrogens (tertiary/aromatic N) is 2. The largest absolute Gasteiger partial charge is 0.497 e. The van der Waals surface area contributed by atoms with Crippen LogP contribution in [0.1, 0.15) is 50.5 Å². The van der Waals surface area contributed by atoms with E-state index < -0.39 is 0 Å². The van der Waals surface area contributed by atoms with Crippen LogP contribution in [0.2, 0.25) is 5.02 Å². The van der Waals surface area contributed by atoms with Gasteiger partial charge in [-0.2, -0.15) is 0 Å². The second-order valence-corrected chi connectivity index (χ2v) is 9.26. The molecule has 4 rings (SSSR count). The highest BCUT2D eigenvalue weighted by atomic mass is 35.5. The van der Waals surface area contributed by atoms with Crippen molar-refractivity contribution in [2.45, 2.75) is 63.5 Å². The average molecular weight is 421 g/mol. The first-order valence-corrected chi connectivity index (χ1v) is 11.5. The summed E-state index contributed by atoms with van der Waals surface area (Å²) >= 11 is 6.39. The number of cyclic esters (lactones) is 1. The van der Waals surface area contributed by atoms with Gasteiger partial charge in [-0.15, -0.1) is 0 Å². The summed E-state index contributed by atoms with van der Waals surface area (Å²) in [4.78, 5) is 16.8. The molecule has 0 aromatic heterocycles. The van der Waals surface area contributed by atoms with E-state index in [1.54, 1.807) is 7.11 Å². The SMILES string of the molecule is COc1ccc(Cl)c(CC2CCN(CC3CN(C4CCCCC4)C(=O)O3)CC2)c1. The van der Waals surface area contributed by atoms with Crippen molar-refractivity contribution >= 4 is 17.7 Å². The predicted molar refractivity (Wildman–Crippen MR) is 115 cm³/mol. The Labute approximate surface area is 179 Å². The number of rotatable bonds is 6. The molecule has 2 aliphatic heterocycles. The Hall–Kier alpha value is -1.46. The zero-order chi connectivity index (χ0) is 20.2. The Bertz CT molecular complexity index is 699. The molecule has 1 aliphatic carbocycles. The van der Waals surface area contributed by atoms with Gasteiger partial charge in [-0.1, -0.05) is 30.9 Å². The smallest absolute Gasteiger partial charge is 0.410 e. The van der Waals surface area contributed by atoms with E-state index in [0.29, 0.717) is 12.0 Å². The minimum atomic E-state index is -0.0931. The topological polar surface area (TPSA) is 42.0 Å². The third kappa shape index (κ3) is 5.18. The number of carbonyl (C=O) groups excluding carboxylic acids is 1. The van der Waals surface area contributed by atoms with Crippen LogP contribution in [0, 0.1) is 5.92 Å². The molecule has 160 valence electrons. The molecule has 0 N–H and O–H groups in total. The van der Waals surface area contributed by atoms with Crippen LogP contribution in [0.4, 0.5) is 4.79 Å². The molecule has 1 saturated carbocycles. The fourth-order valence-corrected chi connectivity index (χ4v) is 5.33. The van der Waals surface area contributed by atoms with Gasteiger partial charge in [0.15, 0.2) is 0 Å². The van der Waals surface area contributed by atoms with Gasteiger partial charge in [-0.25, -0.2) is 4.79 Å². The summed E-state index contributed by atoms with van der Waals surface area (Å²) in [5.74, 6) is 1.51. The molecule has 2 saturated heterocycles. The minimum Gasteiger partial charge on any atom is -0.497 e. The van der Waals surface area contributed by atoms with Crippen LogP contribution in [0.25, 0.3) is 0 Å². The Balaban J connectivity index is 1.24. The maximum absolute atomic E-state index is 12.3. The molecule has 2 heterocycles. The third-order valence-electron chi connectivity index (χ3n) is 6.85. The number of benzene rings is 1. The number of likely N-dealkylation sites (tertiary alicyclic amines) is 1. The standard InChI is InChI=1S/C23H33ClN2O3/c1-28-20-7-8-22(24)18(14-20)13-17-9-11-25(12-10-17)15-21-16-26(23(27)29-21)19-5-3-2-4-6-19/h7-8,14,17,19,21H,2-6,9-13,15-16H2,1H3. The molecule has 0 bridgehead atoms. The van der Waals surface area contributed by atoms with Crippen molar-refractivity contribution in [2.24, 2.45) is 5.92 Å². The number of halogens is 1. The molecule has 1 amide bonds. The van der Waals surface area contributed by atoms with Crippen molar-refractivity contribution in [1.82, 2.24) is 9.80 Å². The first-order valence-electron chi connectivity index (χ1n) is 11.1. The highest BCUT2D eigenvalue weighted by molar-refractivity contribution is 6.31. The number of amides is 1. The Morgan fingerprint density at radius 3 is 2.62 bits per heavy atom. The number of hydrogen-bond acceptors (Lipinski definition) is 4. The highest BCUT2D eigenvalue weighted by Crippen LogP contribution is 2.30. The molecule has 3 aliphatic rings. The maximum Gasteiger partial charge on any atom is 0.410 e. The van der Waals surface area contributed by atoms with E-state index in [1.807, 2.05) is 17.0 Å². The van der Waals surface area contributed by atoms with Gasteiger partial charge >= 0.3 is 6.09 Å². The molecule has 1 atom stereocenters. The number of piperidine rings is 1. The van der Waals surface area contributed by atoms with Crippen LogP contribution in [-0.2, 0) is 11.2 Å². The predicted octanol–water partition coefficient (Wildman–Crippen LogP) is 4.76. The molecule has 3 fully saturated rings. The number of methoxy groups -OCH3 is 1. The van der Waals surface area contributed by atoms with Gasteiger partial charge in [0.2, 0.25) is 0 Å². The number of ether oxygens (including phenoxy) is 2. The molecule has 0 spiro atoms. The lowest BCUT2D eigenvalue weighted by atomic mass is 9.90. The second-order valence-electron chi connectivity index (χ2n) is 8.86. The van der Waals surface area contributed by atoms with E-state index in [9.17, 15) is 4.79 Å². The van der Waals surface area contributed by atoms with Gasteiger partial charge in [-0.05, 0) is 74.9 Å². The Morgan fingerprint density at radius 2 is 1.90 bits per heavy atom. The van der Waals surface area contributed by atoms with Gasteiger partial charge < -0.3 is 14.4 Å². The maximum atomic E-state index is 12.3. The number of carbonyl (C=O) groups is 1. The summed E-state index contributed by atoms with van der Waals surface area (Å²) in [5.41, 5.74) is 1.18. The van der Waals surface area contributed by atoms with Crippen molar-refractivity contribution in [3.63, 3.8) is 0 Å². The van der Waals surface area contributed by atoms with Gasteiger partial charge in [0, 0.05) is 17.6 Å². The zero-order valence-electron chi connectivity index (χ0n) is 17.4. The quantitative estimate of drug-likeness (QED) is 0.665. The molecule has 1 aromatic rings. The Kier molecular flexibility index (Phi) is 6.86. The van der Waals surface area contributed by atoms with Crippen molar-refractivity contribution < 1.29 is 14.3 Å². The van der Waals surface area contributed by atoms with E-state index in [-0.39, 0.29) is 12.2 Å². The van der Waals surface area contributed by atoms with Crippen molar-refractivity contribution in [3.8, 4) is 5.75 Å². The van der Waals surface area contributed by atoms with Crippen molar-refractivity contribution in [3.05, 3.63) is 28.8 Å². The minimum absolute atomic E-state index is 0.0220. The average Bonchev–Trinajstić information content (AvgIpc) is 3.11. The van der Waals surface area contributed by atoms with Crippen LogP contribution in [0.5, 0.6) is 5.75 Å². The molecular weight excluding hydrogens is 388 g/mol. The molecule has 0 radical (unpaired) electrons. The fraction of sp³-hybridized carbons (Fsp3) is 0.696. The van der Waals surface area contributed by atoms with E-state index in [2.05, 4.69) is 11.0 Å². The summed E-state index contributed by atoms with van der Waals surface area (Å²) < 4.78 is 11.0. The Morgan fingerprint density at radius 1 is 1.14 bits per heavy atom. The monoisotopic (exact) mass is 420 g/mol. The first kappa shape index (κ1) is 20.8. The fourth-order valence-electron chi connectivity index (χ4n) is 5.13. The number of hydrogen-bond donors (Lipinski definition) is 0. The van der Waals surface area contributed by atoms with Crippen LogP contribution in [0.3, 0.4) is 0 Å². The lowest BCUT2D eigenvalue weighted by Gasteiger charge is -2.33. The van der Waals surface area contributed by atoms with Gasteiger partial charge in [-0.3, -0.25) is 4.90 Å². The molecule has 1 unspecified atom stereocenters. The summed E-state index contributed by atoms with van der Waals surface area (Å²) in [6.45, 7) is 3.75. The zero-order valence-corrected chi connectivity index (χ0v) is 18.2. The summed E-state index contributed by atoms with van der Waals surface area (Å²) in [6, 6.07) is 6.30. The summed E-state index contributed by atoms with van der Waals surface area (Å²) in [5, 5.41) is 0.828. The van der Waals surface area contributed by atoms with Crippen molar-refractivity contribution in [1.29, 1.82) is 0 Å². The van der Waals surface area contributed by atoms with Crippen molar-refractivity contribution in [2.75, 3.05) is 33.3 Å². The molecule has 29 heavy (non-hydrogen) atoms. The van der Waals surface area contributed by atoms with Gasteiger partial charge in [0.1, 0.15) is 11.9 Å². The van der Waals surface area contributed by atoms with Crippen LogP contribution >= 0.6 is 11.6 Å². The van der Waals surface area contributed by atoms with Gasteiger partial charge in [0.25, 0.3) is 0 Å². The first-order chi connectivity index (χ1) is 14.1. The molecule has 6 heteroatoms. The van der Waals surface area contributed by atoms with Crippen LogP contribution in [-0.4, -0.2) is 61.3 Å². The van der Waals surface area contributed by atoms with Crippen LogP contribution in [0.15, 0.2) is 18.2 Å². The highest BCUT2D eigenvalue weighted by Gasteiger charge is 2.37. The summed E-state index contributed by atoms with van der Waals surface area (Å²) in [7, 11) is 1.69. The van der Waals surface area contributed by atoms with Crippen LogP contribution < -0.4 is 4.74 Å². The molecule has 1 aromatic carbocycles. The van der Waals surface area contributed by atoms with E-state index in [1.165, 1.54) is 24.8 Å². The van der Waals surface area contributed by atoms with Gasteiger partial charge in [0.05, 0.1) is 13.7 Å². The summed E-state index contributed by atoms with van der Waals surface area (Å²) in [6.07, 6.45) is 9.30. The van der Waals surface area contributed by atoms with E-state index >= 15 is 0 Å². The van der Waals surface area contributed by atoms with E-state index in [4.69, 9.17) is 21.1 Å². The second kappa shape index (κ2) is 9.57. The molecule has 5 nitrogen and oxygen atoms in total.